The predicted molar refractivity (Wildman–Crippen MR) is 156 cm³/mol. The molecule has 4 atom stereocenters. The van der Waals surface area contributed by atoms with Crippen LogP contribution in [0.4, 0.5) is 5.69 Å². The Kier molecular flexibility index (Phi) is 10.3. The standard InChI is InChI=1S/C35H37N2.ClHO4/c1-26(30-17-9-5-10-18-30)36(27(2)31-19-11-6-12-20-31)34-25-35(34)37(28(3)32-21-13-7-14-22-32)29(4)33-23-15-8-16-24-33;2-1(3,4)5/h5-29H,1-4H3;(H,2,3,4,5)/q+1;/p-1/t26-,27-,28-,29-;/m1./s1. The Morgan fingerprint density at radius 2 is 0.786 bits per heavy atom. The van der Waals surface area contributed by atoms with Gasteiger partial charge in [-0.05, 0) is 25.0 Å². The molecule has 5 aromatic rings. The lowest BCUT2D eigenvalue weighted by atomic mass is 10.0. The minimum Gasteiger partial charge on any atom is -0.352 e. The van der Waals surface area contributed by atoms with Crippen LogP contribution in [0.5, 0.6) is 0 Å². The summed E-state index contributed by atoms with van der Waals surface area (Å²) < 4.78 is 36.6. The third-order valence-corrected chi connectivity index (χ3v) is 7.81. The molecule has 42 heavy (non-hydrogen) atoms. The fraction of sp³-hybridized carbons (Fsp3) is 0.229. The Bertz CT molecular complexity index is 1430. The van der Waals surface area contributed by atoms with Crippen LogP contribution in [-0.2, 0) is 0 Å². The van der Waals surface area contributed by atoms with Crippen molar-refractivity contribution in [3.05, 3.63) is 155 Å². The third kappa shape index (κ3) is 8.16. The van der Waals surface area contributed by atoms with Crippen LogP contribution in [0.25, 0.3) is 0 Å². The lowest BCUT2D eigenvalue weighted by Crippen LogP contribution is -2.68. The molecule has 0 amide bonds. The van der Waals surface area contributed by atoms with Crippen molar-refractivity contribution < 1.29 is 28.9 Å². The van der Waals surface area contributed by atoms with E-state index in [2.05, 4.69) is 165 Å². The summed E-state index contributed by atoms with van der Waals surface area (Å²) in [6.07, 6.45) is 0. The van der Waals surface area contributed by atoms with Gasteiger partial charge in [0.05, 0.1) is 12.1 Å². The molecule has 0 saturated heterocycles. The Balaban J connectivity index is 0.000000748. The number of halogens is 1. The summed E-state index contributed by atoms with van der Waals surface area (Å²) in [5.41, 5.74) is 6.65. The van der Waals surface area contributed by atoms with E-state index in [0.29, 0.717) is 0 Å². The molecular formula is C35H37ClN2O4. The molecule has 7 heteroatoms. The summed E-state index contributed by atoms with van der Waals surface area (Å²) in [5, 5.41) is 1.33. The highest BCUT2D eigenvalue weighted by Gasteiger charge is 2.35. The smallest absolute Gasteiger partial charge is 0.227 e. The van der Waals surface area contributed by atoms with Crippen molar-refractivity contribution >= 4 is 5.69 Å². The minimum absolute atomic E-state index is 0.237. The molecule has 0 aromatic heterocycles. The molecule has 0 saturated carbocycles. The van der Waals surface area contributed by atoms with Crippen molar-refractivity contribution in [3.63, 3.8) is 0 Å². The summed E-state index contributed by atoms with van der Waals surface area (Å²) in [5.74, 6) is 0. The first-order chi connectivity index (χ1) is 20.1. The van der Waals surface area contributed by atoms with Gasteiger partial charge in [0.15, 0.2) is 12.1 Å². The molecular weight excluding hydrogens is 548 g/mol. The molecule has 0 aliphatic carbocycles. The Labute approximate surface area is 250 Å². The van der Waals surface area contributed by atoms with Crippen molar-refractivity contribution in [1.82, 2.24) is 4.58 Å². The first kappa shape index (κ1) is 31.2. The van der Waals surface area contributed by atoms with Crippen LogP contribution in [0, 0.1) is 10.2 Å². The van der Waals surface area contributed by atoms with Gasteiger partial charge < -0.3 is 4.90 Å². The molecule has 6 nitrogen and oxygen atoms in total. The summed E-state index contributed by atoms with van der Waals surface area (Å²) in [6.45, 7) is 9.32. The van der Waals surface area contributed by atoms with Gasteiger partial charge in [0.2, 0.25) is 5.36 Å². The van der Waals surface area contributed by atoms with Crippen LogP contribution in [0.1, 0.15) is 74.1 Å². The molecule has 0 aliphatic heterocycles. The Morgan fingerprint density at radius 1 is 0.500 bits per heavy atom. The molecule has 0 bridgehead atoms. The van der Waals surface area contributed by atoms with Crippen LogP contribution < -0.4 is 33.5 Å². The van der Waals surface area contributed by atoms with E-state index in [0.717, 1.165) is 0 Å². The van der Waals surface area contributed by atoms with E-state index in [1.54, 1.807) is 0 Å². The Hall–Kier alpha value is -3.78. The second-order valence-corrected chi connectivity index (χ2v) is 11.2. The van der Waals surface area contributed by atoms with E-state index in [4.69, 9.17) is 18.6 Å². The zero-order valence-corrected chi connectivity index (χ0v) is 25.1. The number of hydrogen-bond donors (Lipinski definition) is 0. The van der Waals surface area contributed by atoms with Crippen molar-refractivity contribution in [2.75, 3.05) is 4.90 Å². The molecule has 5 rings (SSSR count). The number of nitrogens with zero attached hydrogens (tertiary/aromatic N) is 2. The van der Waals surface area contributed by atoms with Crippen LogP contribution in [-0.4, -0.2) is 0 Å². The highest BCUT2D eigenvalue weighted by molar-refractivity contribution is 5.59. The summed E-state index contributed by atoms with van der Waals surface area (Å²) >= 11 is 0. The largest absolute Gasteiger partial charge is 0.352 e. The Morgan fingerprint density at radius 3 is 1.10 bits per heavy atom. The van der Waals surface area contributed by atoms with E-state index in [1.165, 1.54) is 33.3 Å². The molecule has 0 fully saturated rings. The van der Waals surface area contributed by atoms with Gasteiger partial charge in [-0.2, -0.15) is 0 Å². The van der Waals surface area contributed by atoms with E-state index in [9.17, 15) is 0 Å². The number of rotatable bonds is 9. The lowest BCUT2D eigenvalue weighted by molar-refractivity contribution is -2.00. The normalized spacial score (nSPS) is 14.3. The van der Waals surface area contributed by atoms with Crippen molar-refractivity contribution in [3.8, 4) is 0 Å². The maximum atomic E-state index is 8.49. The van der Waals surface area contributed by atoms with Crippen molar-refractivity contribution in [2.24, 2.45) is 0 Å². The van der Waals surface area contributed by atoms with Gasteiger partial charge in [0, 0.05) is 31.0 Å². The van der Waals surface area contributed by atoms with Crippen molar-refractivity contribution in [2.45, 2.75) is 51.9 Å². The number of anilines is 1. The quantitative estimate of drug-likeness (QED) is 0.247. The molecule has 218 valence electrons. The fourth-order valence-electron chi connectivity index (χ4n) is 5.58. The minimum atomic E-state index is -4.94. The zero-order chi connectivity index (χ0) is 30.3. The molecule has 0 radical (unpaired) electrons. The third-order valence-electron chi connectivity index (χ3n) is 7.81. The second-order valence-electron chi connectivity index (χ2n) is 10.5. The molecule has 0 spiro atoms. The fourth-order valence-corrected chi connectivity index (χ4v) is 5.58. The molecule has 5 aromatic carbocycles. The average molecular weight is 585 g/mol. The van der Waals surface area contributed by atoms with E-state index < -0.39 is 10.2 Å². The monoisotopic (exact) mass is 584 g/mol. The first-order valence-electron chi connectivity index (χ1n) is 14.0. The second kappa shape index (κ2) is 13.9. The SMILES string of the molecule is C[C@H](c1ccccc1)N(c1cc1=[N+]([C@H](C)c1ccccc1)[C@H](C)c1ccccc1)[C@H](C)c1ccccc1.[O-][Cl+3]([O-])([O-])[O-]. The van der Waals surface area contributed by atoms with Gasteiger partial charge in [-0.1, -0.05) is 121 Å². The molecule has 0 N–H and O–H groups in total. The summed E-state index contributed by atoms with van der Waals surface area (Å²) in [7, 11) is -4.94. The van der Waals surface area contributed by atoms with Crippen LogP contribution in [0.15, 0.2) is 127 Å². The van der Waals surface area contributed by atoms with E-state index in [1.807, 2.05) is 0 Å². The molecule has 0 unspecified atom stereocenters. The van der Waals surface area contributed by atoms with E-state index in [-0.39, 0.29) is 24.2 Å². The average Bonchev–Trinajstić information content (AvgIpc) is 3.77. The van der Waals surface area contributed by atoms with Crippen LogP contribution >= 0.6 is 0 Å². The van der Waals surface area contributed by atoms with Gasteiger partial charge in [-0.25, -0.2) is 23.2 Å². The van der Waals surface area contributed by atoms with Gasteiger partial charge in [0.1, 0.15) is 5.69 Å². The van der Waals surface area contributed by atoms with Crippen LogP contribution in [0.2, 0.25) is 0 Å². The summed E-state index contributed by atoms with van der Waals surface area (Å²) in [4.78, 5) is 2.60. The predicted octanol–water partition coefficient (Wildman–Crippen LogP) is 3.43. The van der Waals surface area contributed by atoms with E-state index >= 15 is 0 Å². The zero-order valence-electron chi connectivity index (χ0n) is 24.3. The summed E-state index contributed by atoms with van der Waals surface area (Å²) in [6, 6.07) is 46.8. The first-order valence-corrected chi connectivity index (χ1v) is 15.3. The van der Waals surface area contributed by atoms with Gasteiger partial charge in [-0.15, -0.1) is 10.2 Å². The highest BCUT2D eigenvalue weighted by Crippen LogP contribution is 2.37. The molecule has 0 heterocycles. The number of benzene rings is 4. The van der Waals surface area contributed by atoms with Gasteiger partial charge >= 0.3 is 0 Å². The maximum absolute atomic E-state index is 8.49. The molecule has 0 aliphatic rings. The van der Waals surface area contributed by atoms with Gasteiger partial charge in [0.25, 0.3) is 0 Å². The van der Waals surface area contributed by atoms with Crippen LogP contribution in [0.3, 0.4) is 0 Å². The maximum Gasteiger partial charge on any atom is 0.227 e. The van der Waals surface area contributed by atoms with Crippen molar-refractivity contribution in [1.29, 1.82) is 0 Å². The number of hydrogen-bond acceptors (Lipinski definition) is 5. The lowest BCUT2D eigenvalue weighted by Gasteiger charge is -2.34. The highest BCUT2D eigenvalue weighted by atomic mass is 35.7. The van der Waals surface area contributed by atoms with Gasteiger partial charge in [-0.3, -0.25) is 0 Å². The topological polar surface area (TPSA) is 98.5 Å².